The number of nitrogens with one attached hydrogen (secondary N) is 1. The number of halogens is 1. The zero-order valence-electron chi connectivity index (χ0n) is 12.7. The quantitative estimate of drug-likeness (QED) is 0.915. The molecule has 2 aromatic rings. The van der Waals surface area contributed by atoms with Crippen LogP contribution in [0.5, 0.6) is 0 Å². The average molecular weight is 350 g/mol. The molecule has 1 N–H and O–H groups in total. The lowest BCUT2D eigenvalue weighted by atomic mass is 10.1. The summed E-state index contributed by atoms with van der Waals surface area (Å²) in [6.45, 7) is 3.66. The monoisotopic (exact) mass is 349 g/mol. The summed E-state index contributed by atoms with van der Waals surface area (Å²) < 4.78 is 26.0. The van der Waals surface area contributed by atoms with Crippen LogP contribution in [0.25, 0.3) is 6.08 Å². The van der Waals surface area contributed by atoms with Crippen molar-refractivity contribution in [2.24, 2.45) is 0 Å². The SMILES string of the molecule is Cc1ccc(C(=O)NS(=O)(=O)/C=C/c2cccc(Cl)c2)c(C)c1. The number of carbonyl (C=O) groups excluding carboxylic acids is 1. The fraction of sp³-hybridized carbons (Fsp3) is 0.118. The van der Waals surface area contributed by atoms with Crippen LogP contribution in [0.2, 0.25) is 5.02 Å². The minimum absolute atomic E-state index is 0.329. The Bertz CT molecular complexity index is 873. The van der Waals surface area contributed by atoms with Gasteiger partial charge < -0.3 is 0 Å². The molecule has 2 aromatic carbocycles. The summed E-state index contributed by atoms with van der Waals surface area (Å²) in [5.41, 5.74) is 2.68. The van der Waals surface area contributed by atoms with E-state index in [0.29, 0.717) is 16.1 Å². The van der Waals surface area contributed by atoms with E-state index in [-0.39, 0.29) is 0 Å². The summed E-state index contributed by atoms with van der Waals surface area (Å²) in [4.78, 5) is 12.1. The third-order valence-corrected chi connectivity index (χ3v) is 4.35. The number of sulfonamides is 1. The maximum absolute atomic E-state index is 12.1. The Balaban J connectivity index is 2.16. The van der Waals surface area contributed by atoms with Crippen molar-refractivity contribution in [1.82, 2.24) is 4.72 Å². The van der Waals surface area contributed by atoms with Crippen LogP contribution < -0.4 is 4.72 Å². The molecule has 0 aliphatic heterocycles. The summed E-state index contributed by atoms with van der Waals surface area (Å²) in [7, 11) is -3.89. The molecule has 0 heterocycles. The Labute approximate surface area is 140 Å². The third-order valence-electron chi connectivity index (χ3n) is 3.15. The van der Waals surface area contributed by atoms with E-state index < -0.39 is 15.9 Å². The Morgan fingerprint density at radius 1 is 1.13 bits per heavy atom. The molecule has 0 bridgehead atoms. The summed E-state index contributed by atoms with van der Waals surface area (Å²) in [6.07, 6.45) is 1.38. The van der Waals surface area contributed by atoms with Crippen molar-refractivity contribution in [3.05, 3.63) is 75.1 Å². The molecule has 0 saturated carbocycles. The molecule has 120 valence electrons. The van der Waals surface area contributed by atoms with Crippen LogP contribution in [0.4, 0.5) is 0 Å². The molecule has 0 spiro atoms. The van der Waals surface area contributed by atoms with Crippen LogP contribution in [0, 0.1) is 13.8 Å². The lowest BCUT2D eigenvalue weighted by Crippen LogP contribution is -2.29. The maximum Gasteiger partial charge on any atom is 0.265 e. The highest BCUT2D eigenvalue weighted by atomic mass is 35.5. The number of aryl methyl sites for hydroxylation is 2. The molecule has 2 rings (SSSR count). The number of benzene rings is 2. The van der Waals surface area contributed by atoms with Crippen LogP contribution in [0.15, 0.2) is 47.9 Å². The normalized spacial score (nSPS) is 11.6. The van der Waals surface area contributed by atoms with Gasteiger partial charge in [0.2, 0.25) is 0 Å². The van der Waals surface area contributed by atoms with Gasteiger partial charge in [-0.25, -0.2) is 13.1 Å². The lowest BCUT2D eigenvalue weighted by molar-refractivity contribution is 0.0981. The van der Waals surface area contributed by atoms with Crippen molar-refractivity contribution in [2.45, 2.75) is 13.8 Å². The van der Waals surface area contributed by atoms with Gasteiger partial charge in [-0.15, -0.1) is 0 Å². The van der Waals surface area contributed by atoms with E-state index in [1.807, 2.05) is 17.7 Å². The summed E-state index contributed by atoms with van der Waals surface area (Å²) in [6, 6.07) is 11.9. The van der Waals surface area contributed by atoms with Gasteiger partial charge in [-0.05, 0) is 49.2 Å². The molecule has 0 atom stereocenters. The van der Waals surface area contributed by atoms with Crippen LogP contribution in [0.3, 0.4) is 0 Å². The number of hydrogen-bond donors (Lipinski definition) is 1. The zero-order chi connectivity index (χ0) is 17.0. The Hall–Kier alpha value is -2.11. The highest BCUT2D eigenvalue weighted by molar-refractivity contribution is 7.93. The molecule has 4 nitrogen and oxygen atoms in total. The van der Waals surface area contributed by atoms with Crippen molar-refractivity contribution < 1.29 is 13.2 Å². The van der Waals surface area contributed by atoms with E-state index in [0.717, 1.165) is 16.5 Å². The van der Waals surface area contributed by atoms with Crippen molar-refractivity contribution >= 4 is 33.6 Å². The zero-order valence-corrected chi connectivity index (χ0v) is 14.3. The minimum Gasteiger partial charge on any atom is -0.268 e. The van der Waals surface area contributed by atoms with Gasteiger partial charge in [0.25, 0.3) is 15.9 Å². The van der Waals surface area contributed by atoms with Crippen LogP contribution in [-0.4, -0.2) is 14.3 Å². The van der Waals surface area contributed by atoms with Crippen LogP contribution in [0.1, 0.15) is 27.0 Å². The standard InChI is InChI=1S/C17H16ClNO3S/c1-12-6-7-16(13(2)10-12)17(20)19-23(21,22)9-8-14-4-3-5-15(18)11-14/h3-11H,1-2H3,(H,19,20)/b9-8+. The van der Waals surface area contributed by atoms with Crippen molar-refractivity contribution in [3.63, 3.8) is 0 Å². The lowest BCUT2D eigenvalue weighted by Gasteiger charge is -2.07. The van der Waals surface area contributed by atoms with Crippen LogP contribution >= 0.6 is 11.6 Å². The average Bonchev–Trinajstić information content (AvgIpc) is 2.44. The van der Waals surface area contributed by atoms with Gasteiger partial charge in [0.1, 0.15) is 0 Å². The molecule has 0 radical (unpaired) electrons. The van der Waals surface area contributed by atoms with Gasteiger partial charge in [0.05, 0.1) is 5.41 Å². The van der Waals surface area contributed by atoms with Gasteiger partial charge in [0, 0.05) is 10.6 Å². The summed E-state index contributed by atoms with van der Waals surface area (Å²) in [5, 5.41) is 1.45. The first kappa shape index (κ1) is 17.2. The second-order valence-electron chi connectivity index (χ2n) is 5.15. The van der Waals surface area contributed by atoms with Gasteiger partial charge in [-0.1, -0.05) is 41.4 Å². The van der Waals surface area contributed by atoms with E-state index in [2.05, 4.69) is 0 Å². The molecule has 0 aliphatic rings. The third kappa shape index (κ3) is 4.94. The Morgan fingerprint density at radius 2 is 1.87 bits per heavy atom. The molecule has 0 aromatic heterocycles. The van der Waals surface area contributed by atoms with Crippen molar-refractivity contribution in [2.75, 3.05) is 0 Å². The van der Waals surface area contributed by atoms with E-state index in [1.54, 1.807) is 43.3 Å². The topological polar surface area (TPSA) is 63.2 Å². The highest BCUT2D eigenvalue weighted by Gasteiger charge is 2.15. The molecule has 0 fully saturated rings. The first-order valence-electron chi connectivity index (χ1n) is 6.85. The summed E-state index contributed by atoms with van der Waals surface area (Å²) in [5.74, 6) is -0.654. The predicted molar refractivity (Wildman–Crippen MR) is 92.8 cm³/mol. The number of hydrogen-bond acceptors (Lipinski definition) is 3. The van der Waals surface area contributed by atoms with Crippen LogP contribution in [-0.2, 0) is 10.0 Å². The Kier molecular flexibility index (Phi) is 5.23. The van der Waals surface area contributed by atoms with Gasteiger partial charge in [-0.3, -0.25) is 4.79 Å². The Morgan fingerprint density at radius 3 is 2.52 bits per heavy atom. The van der Waals surface area contributed by atoms with Crippen molar-refractivity contribution in [3.8, 4) is 0 Å². The number of amides is 1. The number of carbonyl (C=O) groups is 1. The highest BCUT2D eigenvalue weighted by Crippen LogP contribution is 2.13. The smallest absolute Gasteiger partial charge is 0.265 e. The predicted octanol–water partition coefficient (Wildman–Crippen LogP) is 3.69. The van der Waals surface area contributed by atoms with Gasteiger partial charge in [0.15, 0.2) is 0 Å². The van der Waals surface area contributed by atoms with E-state index in [4.69, 9.17) is 11.6 Å². The molecule has 0 aliphatic carbocycles. The molecule has 0 saturated heterocycles. The van der Waals surface area contributed by atoms with E-state index >= 15 is 0 Å². The first-order chi connectivity index (χ1) is 10.8. The van der Waals surface area contributed by atoms with E-state index in [1.165, 1.54) is 6.08 Å². The number of rotatable bonds is 4. The largest absolute Gasteiger partial charge is 0.268 e. The first-order valence-corrected chi connectivity index (χ1v) is 8.77. The minimum atomic E-state index is -3.89. The van der Waals surface area contributed by atoms with E-state index in [9.17, 15) is 13.2 Å². The summed E-state index contributed by atoms with van der Waals surface area (Å²) >= 11 is 5.84. The van der Waals surface area contributed by atoms with Gasteiger partial charge >= 0.3 is 0 Å². The van der Waals surface area contributed by atoms with Crippen molar-refractivity contribution in [1.29, 1.82) is 0 Å². The second kappa shape index (κ2) is 6.98. The molecule has 0 unspecified atom stereocenters. The molecular formula is C17H16ClNO3S. The maximum atomic E-state index is 12.1. The molecular weight excluding hydrogens is 334 g/mol. The fourth-order valence-electron chi connectivity index (χ4n) is 2.06. The fourth-order valence-corrected chi connectivity index (χ4v) is 3.04. The molecule has 6 heteroatoms. The second-order valence-corrected chi connectivity index (χ2v) is 7.16. The molecule has 1 amide bonds. The molecule has 23 heavy (non-hydrogen) atoms. The van der Waals surface area contributed by atoms with Gasteiger partial charge in [-0.2, -0.15) is 0 Å².